The van der Waals surface area contributed by atoms with Crippen LogP contribution < -0.4 is 5.32 Å². The van der Waals surface area contributed by atoms with Gasteiger partial charge in [0.2, 0.25) is 0 Å². The molecule has 0 aromatic carbocycles. The Morgan fingerprint density at radius 1 is 1.29 bits per heavy atom. The first kappa shape index (κ1) is 12.0. The van der Waals surface area contributed by atoms with Crippen molar-refractivity contribution in [2.75, 3.05) is 19.8 Å². The summed E-state index contributed by atoms with van der Waals surface area (Å²) in [7, 11) is 0. The summed E-state index contributed by atoms with van der Waals surface area (Å²) < 4.78 is 5.49. The Kier molecular flexibility index (Phi) is 6.20. The van der Waals surface area contributed by atoms with E-state index < -0.39 is 0 Å². The van der Waals surface area contributed by atoms with E-state index in [1.54, 1.807) is 0 Å². The lowest BCUT2D eigenvalue weighted by atomic mass is 10.2. The number of unbranched alkanes of at least 4 members (excludes halogenated alkanes) is 1. The summed E-state index contributed by atoms with van der Waals surface area (Å²) in [5.41, 5.74) is 0. The van der Waals surface area contributed by atoms with Crippen LogP contribution in [0.2, 0.25) is 0 Å². The number of ether oxygens (including phenoxy) is 1. The van der Waals surface area contributed by atoms with Gasteiger partial charge in [0.25, 0.3) is 0 Å². The smallest absolute Gasteiger partial charge is 0.0478 e. The molecule has 2 nitrogen and oxygen atoms in total. The predicted octanol–water partition coefficient (Wildman–Crippen LogP) is 2.58. The lowest BCUT2D eigenvalue weighted by molar-refractivity contribution is 0.128. The second kappa shape index (κ2) is 7.24. The summed E-state index contributed by atoms with van der Waals surface area (Å²) in [5.74, 6) is 0.969. The quantitative estimate of drug-likeness (QED) is 0.576. The van der Waals surface area contributed by atoms with E-state index in [0.717, 1.165) is 38.1 Å². The molecule has 0 saturated heterocycles. The van der Waals surface area contributed by atoms with E-state index in [2.05, 4.69) is 19.2 Å². The van der Waals surface area contributed by atoms with E-state index in [4.69, 9.17) is 4.74 Å². The molecule has 1 unspecified atom stereocenters. The minimum absolute atomic E-state index is 0.727. The van der Waals surface area contributed by atoms with Crippen LogP contribution in [0.5, 0.6) is 0 Å². The van der Waals surface area contributed by atoms with Crippen LogP contribution in [0.1, 0.15) is 46.0 Å². The van der Waals surface area contributed by atoms with Gasteiger partial charge in [-0.05, 0) is 45.1 Å². The van der Waals surface area contributed by atoms with Crippen molar-refractivity contribution in [3.63, 3.8) is 0 Å². The first-order valence-electron chi connectivity index (χ1n) is 6.15. The van der Waals surface area contributed by atoms with Gasteiger partial charge in [0.05, 0.1) is 0 Å². The lowest BCUT2D eigenvalue weighted by Crippen LogP contribution is -2.29. The summed E-state index contributed by atoms with van der Waals surface area (Å²) in [6, 6.07) is 0.727. The van der Waals surface area contributed by atoms with Crippen molar-refractivity contribution in [3.8, 4) is 0 Å². The highest BCUT2D eigenvalue weighted by atomic mass is 16.5. The fourth-order valence-electron chi connectivity index (χ4n) is 1.62. The van der Waals surface area contributed by atoms with Gasteiger partial charge in [0, 0.05) is 19.3 Å². The van der Waals surface area contributed by atoms with Gasteiger partial charge in [0.1, 0.15) is 0 Å². The van der Waals surface area contributed by atoms with Crippen LogP contribution in [-0.4, -0.2) is 25.8 Å². The molecular formula is C12H25NO. The second-order valence-corrected chi connectivity index (χ2v) is 4.40. The average molecular weight is 199 g/mol. The van der Waals surface area contributed by atoms with E-state index >= 15 is 0 Å². The normalized spacial score (nSPS) is 18.4. The minimum atomic E-state index is 0.727. The van der Waals surface area contributed by atoms with Crippen LogP contribution in [0.15, 0.2) is 0 Å². The number of nitrogens with one attached hydrogen (secondary N) is 1. The summed E-state index contributed by atoms with van der Waals surface area (Å²) in [5, 5.41) is 3.56. The Hall–Kier alpha value is -0.0800. The Morgan fingerprint density at radius 2 is 2.00 bits per heavy atom. The molecule has 14 heavy (non-hydrogen) atoms. The maximum Gasteiger partial charge on any atom is 0.0478 e. The van der Waals surface area contributed by atoms with Crippen LogP contribution in [-0.2, 0) is 4.74 Å². The van der Waals surface area contributed by atoms with Gasteiger partial charge in [-0.2, -0.15) is 0 Å². The highest BCUT2D eigenvalue weighted by molar-refractivity contribution is 4.82. The first-order valence-corrected chi connectivity index (χ1v) is 6.15. The number of hydrogen-bond donors (Lipinski definition) is 1. The fraction of sp³-hybridized carbons (Fsp3) is 1.00. The third kappa shape index (κ3) is 5.61. The van der Waals surface area contributed by atoms with Gasteiger partial charge in [-0.1, -0.05) is 13.3 Å². The van der Waals surface area contributed by atoms with E-state index in [-0.39, 0.29) is 0 Å². The molecule has 2 heteroatoms. The maximum absolute atomic E-state index is 5.49. The summed E-state index contributed by atoms with van der Waals surface area (Å²) in [6.45, 7) is 7.47. The first-order chi connectivity index (χ1) is 6.84. The standard InChI is InChI=1S/C12H25NO/c1-3-4-9-14-10-5-8-13-11(2)12-6-7-12/h11-13H,3-10H2,1-2H3. The molecule has 84 valence electrons. The second-order valence-electron chi connectivity index (χ2n) is 4.40. The monoisotopic (exact) mass is 199 g/mol. The minimum Gasteiger partial charge on any atom is -0.381 e. The van der Waals surface area contributed by atoms with Crippen molar-refractivity contribution in [2.45, 2.75) is 52.0 Å². The Labute approximate surface area is 88.4 Å². The molecule has 1 fully saturated rings. The fourth-order valence-corrected chi connectivity index (χ4v) is 1.62. The molecule has 1 saturated carbocycles. The Balaban J connectivity index is 1.75. The summed E-state index contributed by atoms with van der Waals surface area (Å²) in [6.07, 6.45) is 6.45. The van der Waals surface area contributed by atoms with Crippen LogP contribution in [0.4, 0.5) is 0 Å². The van der Waals surface area contributed by atoms with Crippen LogP contribution >= 0.6 is 0 Å². The van der Waals surface area contributed by atoms with Gasteiger partial charge >= 0.3 is 0 Å². The molecule has 0 aromatic rings. The molecule has 1 aliphatic rings. The molecule has 0 bridgehead atoms. The third-order valence-electron chi connectivity index (χ3n) is 2.90. The highest BCUT2D eigenvalue weighted by Gasteiger charge is 2.26. The van der Waals surface area contributed by atoms with Crippen LogP contribution in [0.3, 0.4) is 0 Å². The number of hydrogen-bond acceptors (Lipinski definition) is 2. The predicted molar refractivity (Wildman–Crippen MR) is 60.5 cm³/mol. The SMILES string of the molecule is CCCCOCCCNC(C)C1CC1. The van der Waals surface area contributed by atoms with Crippen molar-refractivity contribution in [3.05, 3.63) is 0 Å². The van der Waals surface area contributed by atoms with Gasteiger partial charge in [-0.25, -0.2) is 0 Å². The average Bonchev–Trinajstić information content (AvgIpc) is 2.99. The van der Waals surface area contributed by atoms with Gasteiger partial charge < -0.3 is 10.1 Å². The molecule has 0 aromatic heterocycles. The van der Waals surface area contributed by atoms with E-state index in [1.807, 2.05) is 0 Å². The number of rotatable bonds is 9. The molecule has 1 N–H and O–H groups in total. The Bertz CT molecular complexity index is 134. The molecule has 0 spiro atoms. The molecule has 0 aliphatic heterocycles. The summed E-state index contributed by atoms with van der Waals surface area (Å²) >= 11 is 0. The molecule has 0 heterocycles. The van der Waals surface area contributed by atoms with Crippen molar-refractivity contribution in [2.24, 2.45) is 5.92 Å². The van der Waals surface area contributed by atoms with Crippen molar-refractivity contribution >= 4 is 0 Å². The topological polar surface area (TPSA) is 21.3 Å². The zero-order valence-corrected chi connectivity index (χ0v) is 9.72. The molecular weight excluding hydrogens is 174 g/mol. The van der Waals surface area contributed by atoms with Crippen molar-refractivity contribution in [1.82, 2.24) is 5.32 Å². The Morgan fingerprint density at radius 3 is 2.64 bits per heavy atom. The molecule has 0 amide bonds. The zero-order chi connectivity index (χ0) is 10.2. The van der Waals surface area contributed by atoms with Gasteiger partial charge in [-0.3, -0.25) is 0 Å². The van der Waals surface area contributed by atoms with E-state index in [9.17, 15) is 0 Å². The van der Waals surface area contributed by atoms with Crippen LogP contribution in [0.25, 0.3) is 0 Å². The molecule has 1 atom stereocenters. The lowest BCUT2D eigenvalue weighted by Gasteiger charge is -2.12. The van der Waals surface area contributed by atoms with Crippen LogP contribution in [0, 0.1) is 5.92 Å². The van der Waals surface area contributed by atoms with Crippen molar-refractivity contribution in [1.29, 1.82) is 0 Å². The highest BCUT2D eigenvalue weighted by Crippen LogP contribution is 2.32. The molecule has 1 rings (SSSR count). The largest absolute Gasteiger partial charge is 0.381 e. The maximum atomic E-state index is 5.49. The molecule has 0 radical (unpaired) electrons. The van der Waals surface area contributed by atoms with Crippen molar-refractivity contribution < 1.29 is 4.74 Å². The third-order valence-corrected chi connectivity index (χ3v) is 2.90. The molecule has 1 aliphatic carbocycles. The van der Waals surface area contributed by atoms with Gasteiger partial charge in [0.15, 0.2) is 0 Å². The summed E-state index contributed by atoms with van der Waals surface area (Å²) in [4.78, 5) is 0. The van der Waals surface area contributed by atoms with Gasteiger partial charge in [-0.15, -0.1) is 0 Å². The van der Waals surface area contributed by atoms with E-state index in [0.29, 0.717) is 0 Å². The van der Waals surface area contributed by atoms with E-state index in [1.165, 1.54) is 25.7 Å². The zero-order valence-electron chi connectivity index (χ0n) is 9.72.